The van der Waals surface area contributed by atoms with Gasteiger partial charge in [-0.05, 0) is 35.9 Å². The quantitative estimate of drug-likeness (QED) is 0.232. The first-order chi connectivity index (χ1) is 19.0. The molecule has 0 radical (unpaired) electrons. The zero-order chi connectivity index (χ0) is 28.9. The molecule has 3 amide bonds. The highest BCUT2D eigenvalue weighted by molar-refractivity contribution is 6.42. The molecule has 0 atom stereocenters. The highest BCUT2D eigenvalue weighted by atomic mass is 35.5. The number of hydrogen-bond acceptors (Lipinski definition) is 4. The van der Waals surface area contributed by atoms with E-state index in [1.807, 2.05) is 63.2 Å². The lowest BCUT2D eigenvalue weighted by Gasteiger charge is -2.23. The molecule has 208 valence electrons. The number of nitrogens with zero attached hydrogens (tertiary/aromatic N) is 3. The van der Waals surface area contributed by atoms with Gasteiger partial charge in [0.1, 0.15) is 18.1 Å². The number of carbonyl (C=O) groups is 2. The summed E-state index contributed by atoms with van der Waals surface area (Å²) in [4.78, 5) is 28.2. The maximum Gasteiger partial charge on any atom is 0.322 e. The number of carbonyl (C=O) groups excluding carboxylic acids is 2. The van der Waals surface area contributed by atoms with Crippen LogP contribution in [0.3, 0.4) is 0 Å². The van der Waals surface area contributed by atoms with Crippen LogP contribution >= 0.6 is 23.2 Å². The molecule has 40 heavy (non-hydrogen) atoms. The first-order valence-corrected chi connectivity index (χ1v) is 13.4. The summed E-state index contributed by atoms with van der Waals surface area (Å²) < 4.78 is 6.97. The van der Waals surface area contributed by atoms with Gasteiger partial charge in [-0.2, -0.15) is 5.10 Å². The SMILES string of the molecule is COc1ccccc1NC(=O)N(CC(=O)Nc1cc(C(C)(C)C)nn1-c1ccc(Cl)c(Cl)c1)Cc1ccccc1. The summed E-state index contributed by atoms with van der Waals surface area (Å²) in [6.07, 6.45) is 0. The second-order valence-electron chi connectivity index (χ2n) is 10.2. The van der Waals surface area contributed by atoms with E-state index in [4.69, 9.17) is 33.0 Å². The lowest BCUT2D eigenvalue weighted by molar-refractivity contribution is -0.116. The van der Waals surface area contributed by atoms with Crippen LogP contribution in [-0.4, -0.2) is 40.3 Å². The number of para-hydroxylation sites is 2. The Kier molecular flexibility index (Phi) is 9.02. The van der Waals surface area contributed by atoms with Gasteiger partial charge in [-0.15, -0.1) is 0 Å². The Morgan fingerprint density at radius 1 is 0.925 bits per heavy atom. The summed E-state index contributed by atoms with van der Waals surface area (Å²) in [7, 11) is 1.53. The number of halogens is 2. The first kappa shape index (κ1) is 29.0. The molecule has 0 fully saturated rings. The highest BCUT2D eigenvalue weighted by Gasteiger charge is 2.24. The molecule has 3 aromatic carbocycles. The standard InChI is InChI=1S/C30H31Cl2N5O3/c1-30(2,3)26-17-27(37(35-26)21-14-15-22(31)23(32)16-21)34-28(38)19-36(18-20-10-6-5-7-11-20)29(39)33-24-12-8-9-13-25(24)40-4/h5-17H,18-19H2,1-4H3,(H,33,39)(H,34,38). The van der Waals surface area contributed by atoms with Crippen LogP contribution in [-0.2, 0) is 16.8 Å². The molecule has 0 bridgehead atoms. The van der Waals surface area contributed by atoms with Gasteiger partial charge in [0.05, 0.1) is 34.2 Å². The van der Waals surface area contributed by atoms with E-state index >= 15 is 0 Å². The van der Waals surface area contributed by atoms with Crippen LogP contribution in [0, 0.1) is 0 Å². The van der Waals surface area contributed by atoms with Gasteiger partial charge in [-0.3, -0.25) is 4.79 Å². The molecule has 2 N–H and O–H groups in total. The molecule has 4 aromatic rings. The number of nitrogens with one attached hydrogen (secondary N) is 2. The molecule has 0 aliphatic rings. The maximum atomic E-state index is 13.4. The Bertz CT molecular complexity index is 1500. The Labute approximate surface area is 243 Å². The van der Waals surface area contributed by atoms with E-state index in [1.54, 1.807) is 41.1 Å². The molecule has 1 heterocycles. The van der Waals surface area contributed by atoms with Gasteiger partial charge in [-0.1, -0.05) is 86.4 Å². The van der Waals surface area contributed by atoms with Crippen molar-refractivity contribution in [2.75, 3.05) is 24.3 Å². The number of ether oxygens (including phenoxy) is 1. The lowest BCUT2D eigenvalue weighted by Crippen LogP contribution is -2.40. The number of hydrogen-bond donors (Lipinski definition) is 2. The van der Waals surface area contributed by atoms with Crippen LogP contribution in [0.1, 0.15) is 32.0 Å². The van der Waals surface area contributed by atoms with Crippen LogP contribution < -0.4 is 15.4 Å². The minimum atomic E-state index is -0.447. The Balaban J connectivity index is 1.61. The van der Waals surface area contributed by atoms with Gasteiger partial charge in [-0.25, -0.2) is 9.48 Å². The molecule has 0 spiro atoms. The third-order valence-corrected chi connectivity index (χ3v) is 6.82. The first-order valence-electron chi connectivity index (χ1n) is 12.6. The smallest absolute Gasteiger partial charge is 0.322 e. The van der Waals surface area contributed by atoms with Crippen molar-refractivity contribution in [3.8, 4) is 11.4 Å². The fourth-order valence-corrected chi connectivity index (χ4v) is 4.24. The van der Waals surface area contributed by atoms with Gasteiger partial charge in [0, 0.05) is 18.0 Å². The second-order valence-corrected chi connectivity index (χ2v) is 11.0. The monoisotopic (exact) mass is 579 g/mol. The van der Waals surface area contributed by atoms with Gasteiger partial charge in [0.2, 0.25) is 5.91 Å². The zero-order valence-corrected chi connectivity index (χ0v) is 24.3. The molecule has 0 saturated carbocycles. The van der Waals surface area contributed by atoms with E-state index in [-0.39, 0.29) is 18.5 Å². The van der Waals surface area contributed by atoms with Crippen molar-refractivity contribution in [1.29, 1.82) is 0 Å². The van der Waals surface area contributed by atoms with Crippen molar-refractivity contribution in [2.24, 2.45) is 0 Å². The average molecular weight is 581 g/mol. The number of rotatable bonds is 8. The predicted molar refractivity (Wildman–Crippen MR) is 160 cm³/mol. The van der Waals surface area contributed by atoms with Crippen molar-refractivity contribution < 1.29 is 14.3 Å². The van der Waals surface area contributed by atoms with Gasteiger partial charge in [0.15, 0.2) is 0 Å². The molecule has 4 rings (SSSR count). The van der Waals surface area contributed by atoms with E-state index in [0.29, 0.717) is 33.0 Å². The Morgan fingerprint density at radius 3 is 2.30 bits per heavy atom. The fourth-order valence-electron chi connectivity index (χ4n) is 3.95. The third-order valence-electron chi connectivity index (χ3n) is 6.08. The van der Waals surface area contributed by atoms with E-state index in [2.05, 4.69) is 10.6 Å². The van der Waals surface area contributed by atoms with Gasteiger partial charge < -0.3 is 20.3 Å². The Hall–Kier alpha value is -4.01. The normalized spacial score (nSPS) is 11.2. The summed E-state index contributed by atoms with van der Waals surface area (Å²) in [6, 6.07) is 23.1. The molecular formula is C30H31Cl2N5O3. The number of benzene rings is 3. The molecule has 1 aromatic heterocycles. The van der Waals surface area contributed by atoms with E-state index in [9.17, 15) is 9.59 Å². The minimum Gasteiger partial charge on any atom is -0.495 e. The molecule has 0 saturated heterocycles. The summed E-state index contributed by atoms with van der Waals surface area (Å²) >= 11 is 12.4. The van der Waals surface area contributed by atoms with Crippen LogP contribution in [0.25, 0.3) is 5.69 Å². The molecule has 10 heteroatoms. The molecular weight excluding hydrogens is 549 g/mol. The zero-order valence-electron chi connectivity index (χ0n) is 22.7. The van der Waals surface area contributed by atoms with E-state index < -0.39 is 11.9 Å². The molecule has 0 unspecified atom stereocenters. The number of aromatic nitrogens is 2. The maximum absolute atomic E-state index is 13.4. The van der Waals surface area contributed by atoms with Crippen molar-refractivity contribution in [2.45, 2.75) is 32.7 Å². The lowest BCUT2D eigenvalue weighted by atomic mass is 9.92. The number of methoxy groups -OCH3 is 1. The summed E-state index contributed by atoms with van der Waals surface area (Å²) in [5, 5.41) is 11.3. The fraction of sp³-hybridized carbons (Fsp3) is 0.233. The van der Waals surface area contributed by atoms with E-state index in [1.165, 1.54) is 12.0 Å². The van der Waals surface area contributed by atoms with Crippen molar-refractivity contribution in [3.63, 3.8) is 0 Å². The third kappa shape index (κ3) is 7.14. The number of urea groups is 1. The summed E-state index contributed by atoms with van der Waals surface area (Å²) in [6.45, 7) is 6.10. The second kappa shape index (κ2) is 12.4. The highest BCUT2D eigenvalue weighted by Crippen LogP contribution is 2.30. The van der Waals surface area contributed by atoms with Crippen molar-refractivity contribution in [1.82, 2.24) is 14.7 Å². The topological polar surface area (TPSA) is 88.5 Å². The van der Waals surface area contributed by atoms with E-state index in [0.717, 1.165) is 11.3 Å². The van der Waals surface area contributed by atoms with Crippen LogP contribution in [0.4, 0.5) is 16.3 Å². The molecule has 8 nitrogen and oxygen atoms in total. The number of anilines is 2. The van der Waals surface area contributed by atoms with Crippen LogP contribution in [0.2, 0.25) is 10.0 Å². The van der Waals surface area contributed by atoms with Crippen molar-refractivity contribution in [3.05, 3.63) is 100 Å². The average Bonchev–Trinajstić information content (AvgIpc) is 3.35. The molecule has 0 aliphatic heterocycles. The van der Waals surface area contributed by atoms with Crippen LogP contribution in [0.5, 0.6) is 5.75 Å². The van der Waals surface area contributed by atoms with Gasteiger partial charge in [0.25, 0.3) is 0 Å². The Morgan fingerprint density at radius 2 is 1.62 bits per heavy atom. The van der Waals surface area contributed by atoms with Crippen LogP contribution in [0.15, 0.2) is 78.9 Å². The largest absolute Gasteiger partial charge is 0.495 e. The summed E-state index contributed by atoms with van der Waals surface area (Å²) in [5.74, 6) is 0.561. The number of amides is 3. The minimum absolute atomic E-state index is 0.215. The van der Waals surface area contributed by atoms with Gasteiger partial charge >= 0.3 is 6.03 Å². The summed E-state index contributed by atoms with van der Waals surface area (Å²) in [5.41, 5.74) is 2.50. The predicted octanol–water partition coefficient (Wildman–Crippen LogP) is 7.16. The van der Waals surface area contributed by atoms with Crippen molar-refractivity contribution >= 4 is 46.6 Å². The molecule has 0 aliphatic carbocycles.